The van der Waals surface area contributed by atoms with Crippen molar-refractivity contribution >= 4 is 11.6 Å². The van der Waals surface area contributed by atoms with Gasteiger partial charge in [0.1, 0.15) is 18.0 Å². The predicted molar refractivity (Wildman–Crippen MR) is 77.5 cm³/mol. The van der Waals surface area contributed by atoms with Crippen molar-refractivity contribution in [3.63, 3.8) is 0 Å². The molecule has 2 N–H and O–H groups in total. The Kier molecular flexibility index (Phi) is 5.88. The zero-order chi connectivity index (χ0) is 13.3. The van der Waals surface area contributed by atoms with Crippen LogP contribution < -0.4 is 10.6 Å². The van der Waals surface area contributed by atoms with E-state index >= 15 is 0 Å². The van der Waals surface area contributed by atoms with E-state index in [1.165, 1.54) is 25.7 Å². The molecule has 0 unspecified atom stereocenters. The summed E-state index contributed by atoms with van der Waals surface area (Å²) in [5.74, 6) is 1.72. The summed E-state index contributed by atoms with van der Waals surface area (Å²) in [4.78, 5) is 8.37. The molecule has 0 bridgehead atoms. The SMILES string of the molecule is CCCNc1cc(NCCOC2CCCC2)ncn1. The minimum atomic E-state index is 0.481. The average molecular weight is 264 g/mol. The van der Waals surface area contributed by atoms with Crippen LogP contribution in [0.4, 0.5) is 11.6 Å². The molecule has 19 heavy (non-hydrogen) atoms. The molecule has 0 spiro atoms. The molecule has 1 fully saturated rings. The molecule has 1 saturated carbocycles. The number of ether oxygens (including phenoxy) is 1. The van der Waals surface area contributed by atoms with E-state index in [2.05, 4.69) is 27.5 Å². The van der Waals surface area contributed by atoms with E-state index in [4.69, 9.17) is 4.74 Å². The highest BCUT2D eigenvalue weighted by atomic mass is 16.5. The fourth-order valence-corrected chi connectivity index (χ4v) is 2.26. The number of nitrogens with one attached hydrogen (secondary N) is 2. The quantitative estimate of drug-likeness (QED) is 0.707. The van der Waals surface area contributed by atoms with Crippen LogP contribution in [0.25, 0.3) is 0 Å². The third-order valence-electron chi connectivity index (χ3n) is 3.29. The third kappa shape index (κ3) is 5.03. The van der Waals surface area contributed by atoms with Crippen LogP contribution >= 0.6 is 0 Å². The van der Waals surface area contributed by atoms with Crippen molar-refractivity contribution in [1.82, 2.24) is 9.97 Å². The monoisotopic (exact) mass is 264 g/mol. The maximum atomic E-state index is 5.80. The van der Waals surface area contributed by atoms with Gasteiger partial charge in [0, 0.05) is 19.2 Å². The summed E-state index contributed by atoms with van der Waals surface area (Å²) in [5, 5.41) is 6.52. The van der Waals surface area contributed by atoms with Crippen LogP contribution in [0, 0.1) is 0 Å². The summed E-state index contributed by atoms with van der Waals surface area (Å²) in [7, 11) is 0. The van der Waals surface area contributed by atoms with Gasteiger partial charge in [-0.1, -0.05) is 19.8 Å². The van der Waals surface area contributed by atoms with Gasteiger partial charge in [-0.2, -0.15) is 0 Å². The number of rotatable bonds is 8. The standard InChI is InChI=1S/C14H24N4O/c1-2-7-15-13-10-14(18-11-17-13)16-8-9-19-12-5-3-4-6-12/h10-12H,2-9H2,1H3,(H2,15,16,17,18). The van der Waals surface area contributed by atoms with Crippen LogP contribution in [0.2, 0.25) is 0 Å². The number of anilines is 2. The Labute approximate surface area is 115 Å². The van der Waals surface area contributed by atoms with Crippen molar-refractivity contribution in [1.29, 1.82) is 0 Å². The molecule has 1 aromatic rings. The molecule has 0 atom stereocenters. The van der Waals surface area contributed by atoms with Gasteiger partial charge in [-0.15, -0.1) is 0 Å². The predicted octanol–water partition coefficient (Wildman–Crippen LogP) is 2.67. The first-order valence-corrected chi connectivity index (χ1v) is 7.30. The fourth-order valence-electron chi connectivity index (χ4n) is 2.26. The second-order valence-electron chi connectivity index (χ2n) is 4.92. The molecular formula is C14H24N4O. The van der Waals surface area contributed by atoms with Crippen LogP contribution in [0.15, 0.2) is 12.4 Å². The van der Waals surface area contributed by atoms with Crippen molar-refractivity contribution in [3.8, 4) is 0 Å². The van der Waals surface area contributed by atoms with Gasteiger partial charge in [0.15, 0.2) is 0 Å². The Hall–Kier alpha value is -1.36. The normalized spacial score (nSPS) is 15.6. The largest absolute Gasteiger partial charge is 0.376 e. The lowest BCUT2D eigenvalue weighted by atomic mass is 10.3. The van der Waals surface area contributed by atoms with Crippen LogP contribution in [-0.4, -0.2) is 35.8 Å². The second kappa shape index (κ2) is 7.94. The van der Waals surface area contributed by atoms with E-state index in [0.29, 0.717) is 6.10 Å². The van der Waals surface area contributed by atoms with E-state index < -0.39 is 0 Å². The molecule has 0 amide bonds. The van der Waals surface area contributed by atoms with Crippen molar-refractivity contribution in [2.45, 2.75) is 45.1 Å². The van der Waals surface area contributed by atoms with Gasteiger partial charge in [0.25, 0.3) is 0 Å². The Balaban J connectivity index is 1.66. The Morgan fingerprint density at radius 1 is 1.16 bits per heavy atom. The van der Waals surface area contributed by atoms with Crippen molar-refractivity contribution in [3.05, 3.63) is 12.4 Å². The zero-order valence-corrected chi connectivity index (χ0v) is 11.7. The summed E-state index contributed by atoms with van der Waals surface area (Å²) in [6.45, 7) is 4.60. The van der Waals surface area contributed by atoms with E-state index in [0.717, 1.165) is 37.8 Å². The van der Waals surface area contributed by atoms with Crippen molar-refractivity contribution < 1.29 is 4.74 Å². The van der Waals surface area contributed by atoms with Gasteiger partial charge in [-0.25, -0.2) is 9.97 Å². The van der Waals surface area contributed by atoms with Gasteiger partial charge in [-0.3, -0.25) is 0 Å². The molecule has 5 heteroatoms. The van der Waals surface area contributed by atoms with Gasteiger partial charge in [-0.05, 0) is 19.3 Å². The lowest BCUT2D eigenvalue weighted by Crippen LogP contribution is -2.16. The van der Waals surface area contributed by atoms with Crippen molar-refractivity contribution in [2.24, 2.45) is 0 Å². The smallest absolute Gasteiger partial charge is 0.131 e. The molecule has 0 saturated heterocycles. The molecule has 0 radical (unpaired) electrons. The summed E-state index contributed by atoms with van der Waals surface area (Å²) < 4.78 is 5.80. The maximum absolute atomic E-state index is 5.80. The van der Waals surface area contributed by atoms with E-state index in [1.807, 2.05) is 6.07 Å². The Bertz CT molecular complexity index is 366. The Morgan fingerprint density at radius 2 is 1.84 bits per heavy atom. The average Bonchev–Trinajstić information content (AvgIpc) is 2.95. The summed E-state index contributed by atoms with van der Waals surface area (Å²) in [6, 6.07) is 1.94. The zero-order valence-electron chi connectivity index (χ0n) is 11.7. The summed E-state index contributed by atoms with van der Waals surface area (Å²) in [6.07, 6.45) is 8.22. The van der Waals surface area contributed by atoms with Gasteiger partial charge in [0.2, 0.25) is 0 Å². The lowest BCUT2D eigenvalue weighted by Gasteiger charge is -2.12. The number of hydrogen-bond donors (Lipinski definition) is 2. The minimum absolute atomic E-state index is 0.481. The first-order chi connectivity index (χ1) is 9.38. The molecule has 1 aromatic heterocycles. The van der Waals surface area contributed by atoms with Crippen LogP contribution in [0.3, 0.4) is 0 Å². The number of aromatic nitrogens is 2. The first-order valence-electron chi connectivity index (χ1n) is 7.30. The first kappa shape index (κ1) is 14.1. The van der Waals surface area contributed by atoms with E-state index in [9.17, 15) is 0 Å². The van der Waals surface area contributed by atoms with Gasteiger partial charge >= 0.3 is 0 Å². The van der Waals surface area contributed by atoms with Crippen LogP contribution in [-0.2, 0) is 4.74 Å². The van der Waals surface area contributed by atoms with E-state index in [-0.39, 0.29) is 0 Å². The molecule has 0 aromatic carbocycles. The number of hydrogen-bond acceptors (Lipinski definition) is 5. The highest BCUT2D eigenvalue weighted by Gasteiger charge is 2.14. The molecule has 2 rings (SSSR count). The van der Waals surface area contributed by atoms with E-state index in [1.54, 1.807) is 6.33 Å². The molecule has 0 aliphatic heterocycles. The van der Waals surface area contributed by atoms with Gasteiger partial charge < -0.3 is 15.4 Å². The molecule has 1 aliphatic carbocycles. The number of nitrogens with zero attached hydrogens (tertiary/aromatic N) is 2. The highest BCUT2D eigenvalue weighted by molar-refractivity contribution is 5.46. The maximum Gasteiger partial charge on any atom is 0.131 e. The minimum Gasteiger partial charge on any atom is -0.376 e. The Morgan fingerprint density at radius 3 is 2.53 bits per heavy atom. The van der Waals surface area contributed by atoms with Crippen LogP contribution in [0.1, 0.15) is 39.0 Å². The topological polar surface area (TPSA) is 59.1 Å². The second-order valence-corrected chi connectivity index (χ2v) is 4.92. The molecule has 1 heterocycles. The highest BCUT2D eigenvalue weighted by Crippen LogP contribution is 2.20. The summed E-state index contributed by atoms with van der Waals surface area (Å²) in [5.41, 5.74) is 0. The molecular weight excluding hydrogens is 240 g/mol. The van der Waals surface area contributed by atoms with Gasteiger partial charge in [0.05, 0.1) is 12.7 Å². The molecule has 5 nitrogen and oxygen atoms in total. The van der Waals surface area contributed by atoms with Crippen molar-refractivity contribution in [2.75, 3.05) is 30.3 Å². The lowest BCUT2D eigenvalue weighted by molar-refractivity contribution is 0.0658. The molecule has 106 valence electrons. The molecule has 1 aliphatic rings. The van der Waals surface area contributed by atoms with Crippen LogP contribution in [0.5, 0.6) is 0 Å². The fraction of sp³-hybridized carbons (Fsp3) is 0.714. The third-order valence-corrected chi connectivity index (χ3v) is 3.29. The summed E-state index contributed by atoms with van der Waals surface area (Å²) >= 11 is 0.